The number of halogens is 1. The lowest BCUT2D eigenvalue weighted by atomic mass is 9.81. The Kier molecular flexibility index (Phi) is 2.77. The molecule has 1 aromatic carbocycles. The molecule has 1 saturated carbocycles. The van der Waals surface area contributed by atoms with Gasteiger partial charge in [-0.25, -0.2) is 9.29 Å². The van der Waals surface area contributed by atoms with Gasteiger partial charge in [0.05, 0.1) is 17.5 Å². The van der Waals surface area contributed by atoms with Gasteiger partial charge < -0.3 is 5.73 Å². The molecule has 2 amide bonds. The van der Waals surface area contributed by atoms with Gasteiger partial charge in [-0.15, -0.1) is 0 Å². The van der Waals surface area contributed by atoms with E-state index in [0.29, 0.717) is 0 Å². The topological polar surface area (TPSA) is 63.4 Å². The van der Waals surface area contributed by atoms with Gasteiger partial charge >= 0.3 is 0 Å². The van der Waals surface area contributed by atoms with Crippen molar-refractivity contribution < 1.29 is 14.0 Å². The molecule has 2 fully saturated rings. The van der Waals surface area contributed by atoms with E-state index in [0.717, 1.165) is 30.6 Å². The van der Waals surface area contributed by atoms with E-state index < -0.39 is 5.82 Å². The highest BCUT2D eigenvalue weighted by Gasteiger charge is 2.48. The molecule has 0 aromatic heterocycles. The third kappa shape index (κ3) is 1.89. The minimum atomic E-state index is -0.537. The average Bonchev–Trinajstić information content (AvgIpc) is 2.61. The lowest BCUT2D eigenvalue weighted by Gasteiger charge is -2.19. The number of benzene rings is 1. The number of amides is 2. The predicted octanol–water partition coefficient (Wildman–Crippen LogP) is 2.09. The van der Waals surface area contributed by atoms with Crippen LogP contribution in [0.25, 0.3) is 0 Å². The van der Waals surface area contributed by atoms with Crippen LogP contribution in [0.2, 0.25) is 0 Å². The van der Waals surface area contributed by atoms with Crippen LogP contribution in [0.4, 0.5) is 15.8 Å². The Morgan fingerprint density at radius 2 is 1.63 bits per heavy atom. The van der Waals surface area contributed by atoms with Crippen LogP contribution in [0.1, 0.15) is 25.7 Å². The molecule has 5 heteroatoms. The number of nitrogen functional groups attached to an aromatic ring is 1. The van der Waals surface area contributed by atoms with Gasteiger partial charge in [-0.3, -0.25) is 9.59 Å². The van der Waals surface area contributed by atoms with Crippen molar-refractivity contribution in [2.24, 2.45) is 11.8 Å². The summed E-state index contributed by atoms with van der Waals surface area (Å²) in [5.41, 5.74) is 6.04. The molecule has 2 atom stereocenters. The molecule has 0 spiro atoms. The molecule has 1 saturated heterocycles. The zero-order valence-corrected chi connectivity index (χ0v) is 10.4. The van der Waals surface area contributed by atoms with E-state index in [-0.39, 0.29) is 35.0 Å². The highest BCUT2D eigenvalue weighted by Crippen LogP contribution is 2.40. The first-order valence-corrected chi connectivity index (χ1v) is 6.52. The van der Waals surface area contributed by atoms with E-state index in [1.165, 1.54) is 18.2 Å². The number of rotatable bonds is 1. The Labute approximate surface area is 110 Å². The Morgan fingerprint density at radius 1 is 1.05 bits per heavy atom. The van der Waals surface area contributed by atoms with Crippen LogP contribution in [-0.2, 0) is 9.59 Å². The van der Waals surface area contributed by atoms with Crippen molar-refractivity contribution in [3.05, 3.63) is 24.0 Å². The highest BCUT2D eigenvalue weighted by molar-refractivity contribution is 6.22. The molecular weight excluding hydrogens is 247 g/mol. The van der Waals surface area contributed by atoms with Gasteiger partial charge in [-0.1, -0.05) is 12.8 Å². The van der Waals surface area contributed by atoms with Crippen molar-refractivity contribution in [2.45, 2.75) is 25.7 Å². The molecule has 1 heterocycles. The van der Waals surface area contributed by atoms with Crippen LogP contribution in [0, 0.1) is 17.7 Å². The van der Waals surface area contributed by atoms with Gasteiger partial charge in [0, 0.05) is 5.69 Å². The second-order valence-corrected chi connectivity index (χ2v) is 5.25. The number of imide groups is 1. The summed E-state index contributed by atoms with van der Waals surface area (Å²) in [7, 11) is 0. The maximum atomic E-state index is 13.4. The fourth-order valence-corrected chi connectivity index (χ4v) is 3.14. The van der Waals surface area contributed by atoms with E-state index in [1.807, 2.05) is 0 Å². The third-order valence-corrected chi connectivity index (χ3v) is 4.00. The van der Waals surface area contributed by atoms with E-state index in [1.54, 1.807) is 0 Å². The summed E-state index contributed by atoms with van der Waals surface area (Å²) < 4.78 is 13.4. The number of carbonyl (C=O) groups is 2. The molecule has 3 rings (SSSR count). The number of nitrogens with two attached hydrogens (primary N) is 1. The van der Waals surface area contributed by atoms with E-state index in [9.17, 15) is 14.0 Å². The largest absolute Gasteiger partial charge is 0.399 e. The summed E-state index contributed by atoms with van der Waals surface area (Å²) in [6.07, 6.45) is 3.44. The number of carbonyl (C=O) groups excluding carboxylic acids is 2. The summed E-state index contributed by atoms with van der Waals surface area (Å²) in [5.74, 6) is -1.42. The molecule has 1 aliphatic carbocycles. The normalized spacial score (nSPS) is 26.7. The molecule has 1 aliphatic heterocycles. The van der Waals surface area contributed by atoms with Gasteiger partial charge in [0.25, 0.3) is 0 Å². The van der Waals surface area contributed by atoms with Gasteiger partial charge in [0.15, 0.2) is 0 Å². The van der Waals surface area contributed by atoms with Crippen molar-refractivity contribution >= 4 is 23.2 Å². The molecule has 2 N–H and O–H groups in total. The Hall–Kier alpha value is -1.91. The SMILES string of the molecule is Nc1cc(F)cc(N2C(=O)C3CCCCC3C2=O)c1. The molecule has 0 bridgehead atoms. The molecule has 0 radical (unpaired) electrons. The third-order valence-electron chi connectivity index (χ3n) is 4.00. The number of hydrogen-bond donors (Lipinski definition) is 1. The van der Waals surface area contributed by atoms with Crippen molar-refractivity contribution in [1.82, 2.24) is 0 Å². The van der Waals surface area contributed by atoms with E-state index in [4.69, 9.17) is 5.73 Å². The van der Waals surface area contributed by atoms with Gasteiger partial charge in [-0.05, 0) is 31.0 Å². The predicted molar refractivity (Wildman–Crippen MR) is 68.8 cm³/mol. The van der Waals surface area contributed by atoms with Gasteiger partial charge in [0.2, 0.25) is 11.8 Å². The quantitative estimate of drug-likeness (QED) is 0.622. The van der Waals surface area contributed by atoms with Crippen molar-refractivity contribution in [1.29, 1.82) is 0 Å². The summed E-state index contributed by atoms with van der Waals surface area (Å²) in [6.45, 7) is 0. The molecule has 4 nitrogen and oxygen atoms in total. The minimum absolute atomic E-state index is 0.209. The van der Waals surface area contributed by atoms with Crippen molar-refractivity contribution in [3.63, 3.8) is 0 Å². The van der Waals surface area contributed by atoms with Crippen LogP contribution in [0.15, 0.2) is 18.2 Å². The molecule has 100 valence electrons. The standard InChI is InChI=1S/C14H15FN2O2/c15-8-5-9(16)7-10(6-8)17-13(18)11-3-1-2-4-12(11)14(17)19/h5-7,11-12H,1-4,16H2. The summed E-state index contributed by atoms with van der Waals surface area (Å²) in [6, 6.07) is 3.82. The maximum absolute atomic E-state index is 13.4. The van der Waals surface area contributed by atoms with Gasteiger partial charge in [0.1, 0.15) is 5.82 Å². The Bertz CT molecular complexity index is 514. The first-order chi connectivity index (χ1) is 9.08. The van der Waals surface area contributed by atoms with Crippen molar-refractivity contribution in [3.8, 4) is 0 Å². The van der Waals surface area contributed by atoms with Crippen LogP contribution in [0.5, 0.6) is 0 Å². The van der Waals surface area contributed by atoms with Crippen LogP contribution in [0.3, 0.4) is 0 Å². The molecule has 2 unspecified atom stereocenters. The average molecular weight is 262 g/mol. The monoisotopic (exact) mass is 262 g/mol. The fraction of sp³-hybridized carbons (Fsp3) is 0.429. The maximum Gasteiger partial charge on any atom is 0.237 e. The summed E-state index contributed by atoms with van der Waals surface area (Å²) in [4.78, 5) is 25.7. The zero-order chi connectivity index (χ0) is 13.6. The Morgan fingerprint density at radius 3 is 2.16 bits per heavy atom. The lowest BCUT2D eigenvalue weighted by molar-refractivity contribution is -0.122. The Balaban J connectivity index is 2.00. The first-order valence-electron chi connectivity index (χ1n) is 6.52. The molecule has 19 heavy (non-hydrogen) atoms. The van der Waals surface area contributed by atoms with Crippen LogP contribution >= 0.6 is 0 Å². The minimum Gasteiger partial charge on any atom is -0.399 e. The number of nitrogens with zero attached hydrogens (tertiary/aromatic N) is 1. The number of hydrogen-bond acceptors (Lipinski definition) is 3. The smallest absolute Gasteiger partial charge is 0.237 e. The number of fused-ring (bicyclic) bond motifs is 1. The molecule has 2 aliphatic rings. The zero-order valence-electron chi connectivity index (χ0n) is 10.4. The molecule has 1 aromatic rings. The van der Waals surface area contributed by atoms with Crippen LogP contribution in [-0.4, -0.2) is 11.8 Å². The summed E-state index contributed by atoms with van der Waals surface area (Å²) >= 11 is 0. The second kappa shape index (κ2) is 4.33. The second-order valence-electron chi connectivity index (χ2n) is 5.25. The lowest BCUT2D eigenvalue weighted by Crippen LogP contribution is -2.31. The van der Waals surface area contributed by atoms with E-state index in [2.05, 4.69) is 0 Å². The summed E-state index contributed by atoms with van der Waals surface area (Å²) in [5, 5.41) is 0. The van der Waals surface area contributed by atoms with Gasteiger partial charge in [-0.2, -0.15) is 0 Å². The van der Waals surface area contributed by atoms with E-state index >= 15 is 0 Å². The fourth-order valence-electron chi connectivity index (χ4n) is 3.14. The molecular formula is C14H15FN2O2. The first kappa shape index (κ1) is 12.1. The number of anilines is 2. The van der Waals surface area contributed by atoms with Crippen molar-refractivity contribution in [2.75, 3.05) is 10.6 Å². The highest BCUT2D eigenvalue weighted by atomic mass is 19.1. The van der Waals surface area contributed by atoms with Crippen LogP contribution < -0.4 is 10.6 Å².